The fourth-order valence-corrected chi connectivity index (χ4v) is 4.59. The molecule has 1 atom stereocenters. The van der Waals surface area contributed by atoms with E-state index < -0.39 is 6.10 Å². The van der Waals surface area contributed by atoms with Crippen molar-refractivity contribution in [2.75, 3.05) is 17.2 Å². The number of aromatic nitrogens is 2. The molecule has 1 aliphatic carbocycles. The van der Waals surface area contributed by atoms with Crippen LogP contribution in [0, 0.1) is 6.92 Å². The molecule has 5 rings (SSSR count). The van der Waals surface area contributed by atoms with Gasteiger partial charge in [0.2, 0.25) is 0 Å². The number of nitrogens with one attached hydrogen (secondary N) is 3. The monoisotopic (exact) mass is 432 g/mol. The molecule has 2 aromatic carbocycles. The number of aliphatic hydroxyl groups excluding tert-OH is 1. The van der Waals surface area contributed by atoms with Gasteiger partial charge in [0, 0.05) is 41.2 Å². The van der Waals surface area contributed by atoms with E-state index in [1.807, 2.05) is 18.2 Å². The number of aromatic amines is 1. The van der Waals surface area contributed by atoms with E-state index in [2.05, 4.69) is 58.0 Å². The zero-order chi connectivity index (χ0) is 21.4. The number of anilines is 3. The number of para-hydroxylation sites is 1. The van der Waals surface area contributed by atoms with Crippen molar-refractivity contribution in [2.45, 2.75) is 32.3 Å². The molecule has 2 aromatic heterocycles. The first-order chi connectivity index (χ1) is 15.1. The largest absolute Gasteiger partial charge is 0.387 e. The first-order valence-corrected chi connectivity index (χ1v) is 11.0. The Bertz CT molecular complexity index is 1250. The van der Waals surface area contributed by atoms with Crippen LogP contribution in [0.1, 0.15) is 34.9 Å². The highest BCUT2D eigenvalue weighted by atomic mass is 35.5. The van der Waals surface area contributed by atoms with Crippen LogP contribution in [0.25, 0.3) is 10.9 Å². The maximum Gasteiger partial charge on any atom is 0.0966 e. The van der Waals surface area contributed by atoms with E-state index in [0.29, 0.717) is 11.4 Å². The molecule has 2 heterocycles. The molecular formula is C25H25ClN4O. The minimum atomic E-state index is -0.474. The van der Waals surface area contributed by atoms with E-state index >= 15 is 0 Å². The van der Waals surface area contributed by atoms with Crippen molar-refractivity contribution in [3.63, 3.8) is 0 Å². The number of nitrogens with zero attached hydrogens (tertiary/aromatic N) is 1. The number of fused-ring (bicyclic) bond motifs is 2. The number of aliphatic hydroxyl groups is 1. The topological polar surface area (TPSA) is 73.0 Å². The smallest absolute Gasteiger partial charge is 0.0966 e. The van der Waals surface area contributed by atoms with Crippen LogP contribution in [-0.2, 0) is 12.8 Å². The summed E-state index contributed by atoms with van der Waals surface area (Å²) < 4.78 is 0. The van der Waals surface area contributed by atoms with E-state index in [1.165, 1.54) is 16.5 Å². The zero-order valence-corrected chi connectivity index (χ0v) is 18.1. The number of pyridine rings is 1. The number of hydrogen-bond acceptors (Lipinski definition) is 4. The van der Waals surface area contributed by atoms with Crippen molar-refractivity contribution in [2.24, 2.45) is 0 Å². The Morgan fingerprint density at radius 3 is 2.94 bits per heavy atom. The lowest BCUT2D eigenvalue weighted by Gasteiger charge is -2.16. The predicted molar refractivity (Wildman–Crippen MR) is 127 cm³/mol. The standard InChI is InChI=1S/C25H25ClN4O/c1-15-12-23(30-21-9-11-28-25-18(21)6-7-24(25)31)19(26)13-22(15)27-10-8-16-14-29-20-5-3-2-4-17(16)20/h2-5,9,11-14,24,27,29,31H,6-8,10H2,1H3,(H,28,30). The molecule has 0 amide bonds. The number of hydrogen-bond donors (Lipinski definition) is 4. The molecule has 158 valence electrons. The Labute approximate surface area is 186 Å². The van der Waals surface area contributed by atoms with Crippen molar-refractivity contribution < 1.29 is 5.11 Å². The summed E-state index contributed by atoms with van der Waals surface area (Å²) in [7, 11) is 0. The highest BCUT2D eigenvalue weighted by molar-refractivity contribution is 6.33. The summed E-state index contributed by atoms with van der Waals surface area (Å²) >= 11 is 6.61. The molecular weight excluding hydrogens is 408 g/mol. The van der Waals surface area contributed by atoms with Gasteiger partial charge in [-0.15, -0.1) is 0 Å². The number of halogens is 1. The van der Waals surface area contributed by atoms with Crippen molar-refractivity contribution in [1.82, 2.24) is 9.97 Å². The van der Waals surface area contributed by atoms with Crippen LogP contribution in [0.4, 0.5) is 17.1 Å². The summed E-state index contributed by atoms with van der Waals surface area (Å²) in [6, 6.07) is 14.3. The molecule has 0 aliphatic heterocycles. The summed E-state index contributed by atoms with van der Waals surface area (Å²) in [6.45, 7) is 2.90. The van der Waals surface area contributed by atoms with Gasteiger partial charge in [-0.2, -0.15) is 0 Å². The highest BCUT2D eigenvalue weighted by Gasteiger charge is 2.24. The van der Waals surface area contributed by atoms with Crippen molar-refractivity contribution in [3.8, 4) is 0 Å². The summed E-state index contributed by atoms with van der Waals surface area (Å²) in [5.41, 5.74) is 8.29. The first kappa shape index (κ1) is 19.9. The highest BCUT2D eigenvalue weighted by Crippen LogP contribution is 2.37. The van der Waals surface area contributed by atoms with E-state index in [-0.39, 0.29) is 0 Å². The van der Waals surface area contributed by atoms with Gasteiger partial charge in [0.05, 0.1) is 22.5 Å². The second-order valence-electron chi connectivity index (χ2n) is 8.09. The summed E-state index contributed by atoms with van der Waals surface area (Å²) in [6.07, 6.45) is 5.80. The molecule has 5 nitrogen and oxygen atoms in total. The van der Waals surface area contributed by atoms with Crippen LogP contribution in [0.15, 0.2) is 54.9 Å². The number of H-pyrrole nitrogens is 1. The van der Waals surface area contributed by atoms with Gasteiger partial charge in [-0.05, 0) is 67.1 Å². The molecule has 31 heavy (non-hydrogen) atoms. The van der Waals surface area contributed by atoms with E-state index in [0.717, 1.165) is 53.3 Å². The second kappa shape index (κ2) is 8.25. The SMILES string of the molecule is Cc1cc(Nc2ccnc3c2CCC3O)c(Cl)cc1NCCc1c[nH]c2ccccc12. The van der Waals surface area contributed by atoms with Gasteiger partial charge in [-0.25, -0.2) is 0 Å². The Morgan fingerprint density at radius 1 is 1.16 bits per heavy atom. The Balaban J connectivity index is 1.30. The average molecular weight is 433 g/mol. The minimum absolute atomic E-state index is 0.474. The zero-order valence-electron chi connectivity index (χ0n) is 17.4. The third-order valence-electron chi connectivity index (χ3n) is 6.04. The average Bonchev–Trinajstić information content (AvgIpc) is 3.36. The van der Waals surface area contributed by atoms with Gasteiger partial charge in [0.25, 0.3) is 0 Å². The lowest BCUT2D eigenvalue weighted by molar-refractivity contribution is 0.176. The molecule has 0 spiro atoms. The quantitative estimate of drug-likeness (QED) is 0.306. The second-order valence-corrected chi connectivity index (χ2v) is 8.49. The molecule has 0 fully saturated rings. The van der Waals surface area contributed by atoms with Crippen LogP contribution >= 0.6 is 11.6 Å². The molecule has 1 unspecified atom stereocenters. The van der Waals surface area contributed by atoms with Crippen molar-refractivity contribution in [1.29, 1.82) is 0 Å². The summed E-state index contributed by atoms with van der Waals surface area (Å²) in [5, 5.41) is 19.0. The van der Waals surface area contributed by atoms with Gasteiger partial charge in [-0.1, -0.05) is 29.8 Å². The van der Waals surface area contributed by atoms with Gasteiger partial charge in [0.1, 0.15) is 0 Å². The Kier molecular flexibility index (Phi) is 5.30. The molecule has 4 N–H and O–H groups in total. The van der Waals surface area contributed by atoms with Crippen LogP contribution in [-0.4, -0.2) is 21.6 Å². The van der Waals surface area contributed by atoms with Crippen molar-refractivity contribution >= 4 is 39.6 Å². The minimum Gasteiger partial charge on any atom is -0.387 e. The molecule has 1 aliphatic rings. The predicted octanol–water partition coefficient (Wildman–Crippen LogP) is 5.90. The maximum atomic E-state index is 10.1. The summed E-state index contributed by atoms with van der Waals surface area (Å²) in [5.74, 6) is 0. The fraction of sp³-hybridized carbons (Fsp3) is 0.240. The van der Waals surface area contributed by atoms with Gasteiger partial charge in [0.15, 0.2) is 0 Å². The lowest BCUT2D eigenvalue weighted by atomic mass is 10.1. The molecule has 0 bridgehead atoms. The van der Waals surface area contributed by atoms with E-state index in [1.54, 1.807) is 6.20 Å². The third-order valence-corrected chi connectivity index (χ3v) is 6.35. The molecule has 4 aromatic rings. The molecule has 6 heteroatoms. The number of rotatable bonds is 6. The normalized spacial score (nSPS) is 15.3. The number of benzene rings is 2. The first-order valence-electron chi connectivity index (χ1n) is 10.6. The Hall–Kier alpha value is -3.02. The van der Waals surface area contributed by atoms with Crippen molar-refractivity contribution in [3.05, 3.63) is 82.3 Å². The van der Waals surface area contributed by atoms with E-state index in [9.17, 15) is 5.11 Å². The van der Waals surface area contributed by atoms with Crippen LogP contribution < -0.4 is 10.6 Å². The molecule has 0 saturated heterocycles. The van der Waals surface area contributed by atoms with Gasteiger partial charge >= 0.3 is 0 Å². The molecule has 0 saturated carbocycles. The van der Waals surface area contributed by atoms with Crippen LogP contribution in [0.3, 0.4) is 0 Å². The van der Waals surface area contributed by atoms with E-state index in [4.69, 9.17) is 11.6 Å². The third kappa shape index (κ3) is 3.87. The molecule has 0 radical (unpaired) electrons. The maximum absolute atomic E-state index is 10.1. The van der Waals surface area contributed by atoms with Gasteiger partial charge in [-0.3, -0.25) is 4.98 Å². The summed E-state index contributed by atoms with van der Waals surface area (Å²) in [4.78, 5) is 7.67. The number of aryl methyl sites for hydroxylation is 1. The Morgan fingerprint density at radius 2 is 2.03 bits per heavy atom. The van der Waals surface area contributed by atoms with Crippen LogP contribution in [0.5, 0.6) is 0 Å². The van der Waals surface area contributed by atoms with Crippen LogP contribution in [0.2, 0.25) is 5.02 Å². The lowest BCUT2D eigenvalue weighted by Crippen LogP contribution is -2.06. The fourth-order valence-electron chi connectivity index (χ4n) is 4.38. The van der Waals surface area contributed by atoms with Gasteiger partial charge < -0.3 is 20.7 Å².